The molecule has 152 valence electrons. The predicted octanol–water partition coefficient (Wildman–Crippen LogP) is 3.44. The van der Waals surface area contributed by atoms with Gasteiger partial charge in [-0.25, -0.2) is 4.98 Å². The first kappa shape index (κ1) is 19.7. The van der Waals surface area contributed by atoms with E-state index >= 15 is 0 Å². The van der Waals surface area contributed by atoms with E-state index in [0.717, 1.165) is 36.5 Å². The predicted molar refractivity (Wildman–Crippen MR) is 115 cm³/mol. The summed E-state index contributed by atoms with van der Waals surface area (Å²) in [7, 11) is 0. The fourth-order valence-corrected chi connectivity index (χ4v) is 4.31. The molecule has 2 aromatic rings. The number of hydrogen-bond acceptors (Lipinski definition) is 4. The fourth-order valence-electron chi connectivity index (χ4n) is 4.14. The average Bonchev–Trinajstić information content (AvgIpc) is 3.13. The van der Waals surface area contributed by atoms with E-state index in [4.69, 9.17) is 11.6 Å². The van der Waals surface area contributed by atoms with E-state index in [1.165, 1.54) is 0 Å². The molecule has 2 amide bonds. The van der Waals surface area contributed by atoms with Crippen molar-refractivity contribution in [3.8, 4) is 0 Å². The molecule has 6 nitrogen and oxygen atoms in total. The second kappa shape index (κ2) is 8.03. The molecule has 0 atom stereocenters. The summed E-state index contributed by atoms with van der Waals surface area (Å²) in [4.78, 5) is 35.8. The Morgan fingerprint density at radius 3 is 2.48 bits per heavy atom. The highest BCUT2D eigenvalue weighted by Gasteiger charge is 2.29. The quantitative estimate of drug-likeness (QED) is 0.774. The van der Waals surface area contributed by atoms with Crippen molar-refractivity contribution >= 4 is 34.9 Å². The molecule has 2 aliphatic heterocycles. The molecular formula is C22H25ClN4O2. The van der Waals surface area contributed by atoms with E-state index in [2.05, 4.69) is 22.9 Å². The second-order valence-corrected chi connectivity index (χ2v) is 8.18. The fraction of sp³-hybridized carbons (Fsp3) is 0.409. The van der Waals surface area contributed by atoms with Crippen molar-refractivity contribution < 1.29 is 9.59 Å². The van der Waals surface area contributed by atoms with Gasteiger partial charge in [0.25, 0.3) is 5.91 Å². The van der Waals surface area contributed by atoms with E-state index in [1.54, 1.807) is 23.1 Å². The summed E-state index contributed by atoms with van der Waals surface area (Å²) in [5.74, 6) is 0.981. The summed E-state index contributed by atoms with van der Waals surface area (Å²) in [6.07, 6.45) is 3.20. The van der Waals surface area contributed by atoms with Crippen LogP contribution in [-0.4, -0.2) is 54.4 Å². The van der Waals surface area contributed by atoms with Crippen molar-refractivity contribution in [1.29, 1.82) is 0 Å². The lowest BCUT2D eigenvalue weighted by Crippen LogP contribution is -2.49. The molecule has 0 saturated carbocycles. The summed E-state index contributed by atoms with van der Waals surface area (Å²) >= 11 is 6.17. The molecule has 0 unspecified atom stereocenters. The lowest BCUT2D eigenvalue weighted by molar-refractivity contribution is -0.117. The molecule has 0 bridgehead atoms. The van der Waals surface area contributed by atoms with Crippen LogP contribution in [0.25, 0.3) is 0 Å². The number of pyridine rings is 1. The highest BCUT2D eigenvalue weighted by Crippen LogP contribution is 2.30. The largest absolute Gasteiger partial charge is 0.353 e. The smallest absolute Gasteiger partial charge is 0.256 e. The minimum atomic E-state index is -0.0513. The molecular weight excluding hydrogens is 388 g/mol. The molecule has 29 heavy (non-hydrogen) atoms. The summed E-state index contributed by atoms with van der Waals surface area (Å²) < 4.78 is 0. The van der Waals surface area contributed by atoms with E-state index in [0.29, 0.717) is 42.3 Å². The first-order valence-electron chi connectivity index (χ1n) is 10.0. The van der Waals surface area contributed by atoms with Crippen LogP contribution in [-0.2, 0) is 4.79 Å². The number of nitrogens with zero attached hydrogens (tertiary/aromatic N) is 4. The zero-order chi connectivity index (χ0) is 20.5. The molecule has 7 heteroatoms. The van der Waals surface area contributed by atoms with Gasteiger partial charge in [-0.3, -0.25) is 9.59 Å². The summed E-state index contributed by atoms with van der Waals surface area (Å²) in [5, 5.41) is 0.530. The maximum atomic E-state index is 13.3. The van der Waals surface area contributed by atoms with Gasteiger partial charge < -0.3 is 14.7 Å². The van der Waals surface area contributed by atoms with Crippen molar-refractivity contribution in [1.82, 2.24) is 9.88 Å². The van der Waals surface area contributed by atoms with Gasteiger partial charge in [0.05, 0.1) is 11.3 Å². The van der Waals surface area contributed by atoms with Gasteiger partial charge in [0.15, 0.2) is 0 Å². The SMILES string of the molecule is Cc1cnc(N2CCN(C(=O)c3ccc(Cl)cc3N3CCCC3=O)CC2)c(C)c1. The van der Waals surface area contributed by atoms with E-state index in [1.807, 2.05) is 18.0 Å². The minimum absolute atomic E-state index is 0.0482. The van der Waals surface area contributed by atoms with E-state index < -0.39 is 0 Å². The standard InChI is InChI=1S/C22H25ClN4O2/c1-15-12-16(2)21(24-14-15)25-8-10-26(11-9-25)22(29)18-6-5-17(23)13-19(18)27-7-3-4-20(27)28/h5-6,12-14H,3-4,7-11H2,1-2H3. The Kier molecular flexibility index (Phi) is 5.46. The number of aromatic nitrogens is 1. The maximum absolute atomic E-state index is 13.3. The molecule has 2 aliphatic rings. The van der Waals surface area contributed by atoms with Crippen LogP contribution in [0.2, 0.25) is 5.02 Å². The second-order valence-electron chi connectivity index (χ2n) is 7.74. The molecule has 1 aromatic carbocycles. The van der Waals surface area contributed by atoms with Gasteiger partial charge in [-0.1, -0.05) is 17.7 Å². The van der Waals surface area contributed by atoms with Crippen LogP contribution in [0.1, 0.15) is 34.3 Å². The molecule has 2 saturated heterocycles. The van der Waals surface area contributed by atoms with Crippen LogP contribution in [0.5, 0.6) is 0 Å². The van der Waals surface area contributed by atoms with Crippen molar-refractivity contribution in [2.24, 2.45) is 0 Å². The number of hydrogen-bond donors (Lipinski definition) is 0. The summed E-state index contributed by atoms with van der Waals surface area (Å²) in [6.45, 7) is 7.43. The van der Waals surface area contributed by atoms with Crippen molar-refractivity contribution in [2.75, 3.05) is 42.5 Å². The summed E-state index contributed by atoms with van der Waals surface area (Å²) in [6, 6.07) is 7.32. The van der Waals surface area contributed by atoms with Crippen molar-refractivity contribution in [2.45, 2.75) is 26.7 Å². The number of anilines is 2. The van der Waals surface area contributed by atoms with Crippen LogP contribution in [0, 0.1) is 13.8 Å². The zero-order valence-electron chi connectivity index (χ0n) is 16.8. The Morgan fingerprint density at radius 2 is 1.83 bits per heavy atom. The molecule has 1 aromatic heterocycles. The number of rotatable bonds is 3. The number of benzene rings is 1. The number of piperazine rings is 1. The topological polar surface area (TPSA) is 56.8 Å². The zero-order valence-corrected chi connectivity index (χ0v) is 17.6. The summed E-state index contributed by atoms with van der Waals surface area (Å²) in [5.41, 5.74) is 3.47. The van der Waals surface area contributed by atoms with Gasteiger partial charge in [-0.2, -0.15) is 0 Å². The average molecular weight is 413 g/mol. The van der Waals surface area contributed by atoms with Crippen LogP contribution < -0.4 is 9.80 Å². The first-order chi connectivity index (χ1) is 13.9. The highest BCUT2D eigenvalue weighted by molar-refractivity contribution is 6.31. The first-order valence-corrected chi connectivity index (χ1v) is 10.4. The normalized spacial score (nSPS) is 17.2. The Balaban J connectivity index is 1.51. The van der Waals surface area contributed by atoms with Crippen LogP contribution in [0.3, 0.4) is 0 Å². The molecule has 3 heterocycles. The molecule has 0 spiro atoms. The lowest BCUT2D eigenvalue weighted by atomic mass is 10.1. The maximum Gasteiger partial charge on any atom is 0.256 e. The number of aryl methyl sites for hydroxylation is 2. The van der Waals surface area contributed by atoms with Gasteiger partial charge >= 0.3 is 0 Å². The Hall–Kier alpha value is -2.60. The van der Waals surface area contributed by atoms with Crippen molar-refractivity contribution in [3.05, 3.63) is 52.2 Å². The number of halogens is 1. The number of carbonyl (C=O) groups is 2. The van der Waals surface area contributed by atoms with Crippen LogP contribution in [0.4, 0.5) is 11.5 Å². The Morgan fingerprint density at radius 1 is 1.07 bits per heavy atom. The number of carbonyl (C=O) groups excluding carboxylic acids is 2. The van der Waals surface area contributed by atoms with E-state index in [9.17, 15) is 9.59 Å². The minimum Gasteiger partial charge on any atom is -0.353 e. The van der Waals surface area contributed by atoms with Gasteiger partial charge in [0, 0.05) is 50.4 Å². The van der Waals surface area contributed by atoms with Gasteiger partial charge in [0.1, 0.15) is 5.82 Å². The van der Waals surface area contributed by atoms with Crippen LogP contribution in [0.15, 0.2) is 30.5 Å². The Labute approximate surface area is 176 Å². The molecule has 2 fully saturated rings. The van der Waals surface area contributed by atoms with Gasteiger partial charge in [-0.15, -0.1) is 0 Å². The third-order valence-electron chi connectivity index (χ3n) is 5.61. The highest BCUT2D eigenvalue weighted by atomic mass is 35.5. The lowest BCUT2D eigenvalue weighted by Gasteiger charge is -2.36. The molecule has 0 N–H and O–H groups in total. The Bertz CT molecular complexity index is 954. The third kappa shape index (κ3) is 3.94. The van der Waals surface area contributed by atoms with Gasteiger partial charge in [-0.05, 0) is 49.6 Å². The van der Waals surface area contributed by atoms with E-state index in [-0.39, 0.29) is 11.8 Å². The van der Waals surface area contributed by atoms with Crippen molar-refractivity contribution in [3.63, 3.8) is 0 Å². The van der Waals surface area contributed by atoms with Gasteiger partial charge in [0.2, 0.25) is 5.91 Å². The third-order valence-corrected chi connectivity index (χ3v) is 5.84. The number of amides is 2. The molecule has 0 radical (unpaired) electrons. The monoisotopic (exact) mass is 412 g/mol. The molecule has 0 aliphatic carbocycles. The molecule has 4 rings (SSSR count). The van der Waals surface area contributed by atoms with Crippen LogP contribution >= 0.6 is 11.6 Å².